The van der Waals surface area contributed by atoms with Crippen molar-refractivity contribution in [2.75, 3.05) is 27.7 Å². The smallest absolute Gasteiger partial charge is 0.252 e. The molecule has 2 N–H and O–H groups in total. The Morgan fingerprint density at radius 3 is 2.68 bits per heavy atom. The van der Waals surface area contributed by atoms with Crippen molar-refractivity contribution in [1.29, 1.82) is 0 Å². The molecule has 0 amide bonds. The van der Waals surface area contributed by atoms with Crippen molar-refractivity contribution in [3.8, 4) is 5.75 Å². The third-order valence-corrected chi connectivity index (χ3v) is 7.08. The number of ether oxygens (including phenoxy) is 1. The third kappa shape index (κ3) is 6.18. The van der Waals surface area contributed by atoms with Gasteiger partial charge in [-0.05, 0) is 31.2 Å². The molecule has 0 bridgehead atoms. The molecule has 2 rings (SSSR count). The van der Waals surface area contributed by atoms with Gasteiger partial charge >= 0.3 is 0 Å². The van der Waals surface area contributed by atoms with Crippen LogP contribution in [0.3, 0.4) is 0 Å². The quantitative estimate of drug-likeness (QED) is 0.498. The first-order valence-electron chi connectivity index (χ1n) is 8.60. The molecule has 0 aliphatic rings. The molecule has 1 unspecified atom stereocenters. The summed E-state index contributed by atoms with van der Waals surface area (Å²) in [5.74, 6) is 0.673. The van der Waals surface area contributed by atoms with Gasteiger partial charge in [0.05, 0.1) is 13.1 Å². The van der Waals surface area contributed by atoms with Gasteiger partial charge in [-0.3, -0.25) is 4.99 Å². The van der Waals surface area contributed by atoms with Gasteiger partial charge in [-0.25, -0.2) is 17.1 Å². The number of nitrogens with zero attached hydrogens (tertiary/aromatic N) is 2. The number of benzene rings is 1. The summed E-state index contributed by atoms with van der Waals surface area (Å²) in [6.07, 6.45) is -0.209. The van der Waals surface area contributed by atoms with E-state index in [2.05, 4.69) is 15.6 Å². The first-order valence-corrected chi connectivity index (χ1v) is 10.9. The predicted molar refractivity (Wildman–Crippen MR) is 110 cm³/mol. The number of guanidine groups is 1. The lowest BCUT2D eigenvalue weighted by atomic mass is 10.3. The van der Waals surface area contributed by atoms with E-state index >= 15 is 0 Å². The Hall–Kier alpha value is -2.17. The molecule has 1 atom stereocenters. The van der Waals surface area contributed by atoms with Crippen molar-refractivity contribution in [3.63, 3.8) is 0 Å². The van der Waals surface area contributed by atoms with Gasteiger partial charge in [0.25, 0.3) is 10.0 Å². The molecule has 0 aliphatic heterocycles. The van der Waals surface area contributed by atoms with Gasteiger partial charge < -0.3 is 15.4 Å². The average molecular weight is 429 g/mol. The van der Waals surface area contributed by atoms with Crippen molar-refractivity contribution in [1.82, 2.24) is 14.9 Å². The predicted octanol–water partition coefficient (Wildman–Crippen LogP) is 2.27. The highest BCUT2D eigenvalue weighted by Crippen LogP contribution is 2.23. The number of nitrogens with one attached hydrogen (secondary N) is 2. The third-order valence-electron chi connectivity index (χ3n) is 3.72. The highest BCUT2D eigenvalue weighted by molar-refractivity contribution is 7.91. The minimum atomic E-state index is -3.42. The lowest BCUT2D eigenvalue weighted by Crippen LogP contribution is -2.41. The molecule has 0 fully saturated rings. The van der Waals surface area contributed by atoms with E-state index in [0.717, 1.165) is 4.88 Å². The number of hydrogen-bond acceptors (Lipinski definition) is 5. The zero-order valence-corrected chi connectivity index (χ0v) is 17.9. The number of hydrogen-bond donors (Lipinski definition) is 2. The van der Waals surface area contributed by atoms with E-state index in [4.69, 9.17) is 4.74 Å². The summed E-state index contributed by atoms with van der Waals surface area (Å²) in [5, 5.41) is 6.26. The molecule has 1 heterocycles. The maximum Gasteiger partial charge on any atom is 0.252 e. The van der Waals surface area contributed by atoms with Crippen LogP contribution in [0.1, 0.15) is 11.8 Å². The number of halogens is 1. The van der Waals surface area contributed by atoms with E-state index < -0.39 is 10.0 Å². The summed E-state index contributed by atoms with van der Waals surface area (Å²) in [7, 11) is 1.23. The minimum Gasteiger partial charge on any atom is -0.489 e. The molecule has 2 aromatic rings. The largest absolute Gasteiger partial charge is 0.489 e. The number of sulfonamides is 1. The van der Waals surface area contributed by atoms with Crippen LogP contribution in [0.15, 0.2) is 45.6 Å². The fourth-order valence-corrected chi connectivity index (χ4v) is 4.68. The average Bonchev–Trinajstić information content (AvgIpc) is 3.11. The number of rotatable bonds is 8. The maximum atomic E-state index is 13.2. The Balaban J connectivity index is 1.84. The summed E-state index contributed by atoms with van der Waals surface area (Å²) in [6.45, 7) is 2.76. The van der Waals surface area contributed by atoms with Crippen LogP contribution in [0.4, 0.5) is 4.39 Å². The van der Waals surface area contributed by atoms with Crippen LogP contribution < -0.4 is 15.4 Å². The molecule has 0 saturated heterocycles. The Bertz CT molecular complexity index is 913. The summed E-state index contributed by atoms with van der Waals surface area (Å²) in [5.41, 5.74) is 0. The SMILES string of the molecule is CN=C(NCc1ccc(S(=O)(=O)N(C)C)s1)NCC(C)Oc1cccc(F)c1. The van der Waals surface area contributed by atoms with Crippen molar-refractivity contribution in [3.05, 3.63) is 47.1 Å². The molecule has 0 aliphatic carbocycles. The van der Waals surface area contributed by atoms with E-state index in [9.17, 15) is 12.8 Å². The van der Waals surface area contributed by atoms with Crippen molar-refractivity contribution >= 4 is 27.3 Å². The Morgan fingerprint density at radius 2 is 2.04 bits per heavy atom. The van der Waals surface area contributed by atoms with E-state index in [1.165, 1.54) is 41.9 Å². The Morgan fingerprint density at radius 1 is 1.29 bits per heavy atom. The molecular formula is C18H25FN4O3S2. The second-order valence-corrected chi connectivity index (χ2v) is 9.75. The van der Waals surface area contributed by atoms with Crippen molar-refractivity contribution in [2.24, 2.45) is 4.99 Å². The molecule has 10 heteroatoms. The molecule has 28 heavy (non-hydrogen) atoms. The summed E-state index contributed by atoms with van der Waals surface area (Å²) >= 11 is 1.21. The highest BCUT2D eigenvalue weighted by atomic mass is 32.2. The van der Waals surface area contributed by atoms with E-state index in [1.54, 1.807) is 31.3 Å². The lowest BCUT2D eigenvalue weighted by molar-refractivity contribution is 0.223. The van der Waals surface area contributed by atoms with E-state index in [-0.39, 0.29) is 11.9 Å². The molecule has 0 radical (unpaired) electrons. The van der Waals surface area contributed by atoms with Crippen molar-refractivity contribution < 1.29 is 17.5 Å². The molecule has 1 aromatic heterocycles. The van der Waals surface area contributed by atoms with Gasteiger partial charge in [-0.1, -0.05) is 6.07 Å². The van der Waals surface area contributed by atoms with Crippen LogP contribution >= 0.6 is 11.3 Å². The first kappa shape index (κ1) is 22.1. The van der Waals surface area contributed by atoms with Gasteiger partial charge in [0, 0.05) is 32.1 Å². The van der Waals surface area contributed by atoms with E-state index in [0.29, 0.717) is 29.0 Å². The Kier molecular flexibility index (Phi) is 7.78. The second kappa shape index (κ2) is 9.85. The molecule has 0 saturated carbocycles. The molecule has 7 nitrogen and oxygen atoms in total. The molecule has 1 aromatic carbocycles. The maximum absolute atomic E-state index is 13.2. The van der Waals surface area contributed by atoms with Gasteiger partial charge in [0.15, 0.2) is 5.96 Å². The fourth-order valence-electron chi connectivity index (χ4n) is 2.22. The number of aliphatic imine (C=N–C) groups is 1. The first-order chi connectivity index (χ1) is 13.2. The summed E-state index contributed by atoms with van der Waals surface area (Å²) < 4.78 is 44.6. The monoisotopic (exact) mass is 428 g/mol. The minimum absolute atomic E-state index is 0.209. The molecule has 0 spiro atoms. The summed E-state index contributed by atoms with van der Waals surface area (Å²) in [4.78, 5) is 5.01. The zero-order valence-electron chi connectivity index (χ0n) is 16.3. The van der Waals surface area contributed by atoms with E-state index in [1.807, 2.05) is 6.92 Å². The van der Waals surface area contributed by atoms with Crippen LogP contribution in [0.25, 0.3) is 0 Å². The lowest BCUT2D eigenvalue weighted by Gasteiger charge is -2.17. The fraction of sp³-hybridized carbons (Fsp3) is 0.389. The summed E-state index contributed by atoms with van der Waals surface area (Å²) in [6, 6.07) is 9.36. The van der Waals surface area contributed by atoms with Crippen LogP contribution in [0.2, 0.25) is 0 Å². The van der Waals surface area contributed by atoms with Crippen LogP contribution in [-0.2, 0) is 16.6 Å². The van der Waals surface area contributed by atoms with Crippen LogP contribution in [0, 0.1) is 5.82 Å². The van der Waals surface area contributed by atoms with Crippen LogP contribution in [0.5, 0.6) is 5.75 Å². The van der Waals surface area contributed by atoms with Crippen molar-refractivity contribution in [2.45, 2.75) is 23.8 Å². The Labute approximate surface area is 169 Å². The topological polar surface area (TPSA) is 83.0 Å². The van der Waals surface area contributed by atoms with Crippen LogP contribution in [-0.4, -0.2) is 52.5 Å². The van der Waals surface area contributed by atoms with Gasteiger partial charge in [0.1, 0.15) is 21.9 Å². The second-order valence-electron chi connectivity index (χ2n) is 6.20. The number of thiophene rings is 1. The standard InChI is InChI=1S/C18H25FN4O3S2/c1-13(26-15-7-5-6-14(19)10-15)11-21-18(20-2)22-12-16-8-9-17(27-16)28(24,25)23(3)4/h5-10,13H,11-12H2,1-4H3,(H2,20,21,22). The molecular weight excluding hydrogens is 403 g/mol. The molecule has 154 valence electrons. The van der Waals surface area contributed by atoms with Gasteiger partial charge in [0.2, 0.25) is 0 Å². The van der Waals surface area contributed by atoms with Gasteiger partial charge in [-0.2, -0.15) is 0 Å². The normalized spacial score (nSPS) is 13.4. The highest BCUT2D eigenvalue weighted by Gasteiger charge is 2.19. The zero-order chi connectivity index (χ0) is 20.7. The van der Waals surface area contributed by atoms with Gasteiger partial charge in [-0.15, -0.1) is 11.3 Å².